The van der Waals surface area contributed by atoms with Gasteiger partial charge in [0.1, 0.15) is 0 Å². The normalized spacial score (nSPS) is 13.2. The lowest BCUT2D eigenvalue weighted by atomic mass is 9.82. The molecular weight excluding hydrogens is 689 g/mol. The zero-order chi connectivity index (χ0) is 37.8. The van der Waals surface area contributed by atoms with E-state index >= 15 is 0 Å². The molecule has 0 radical (unpaired) electrons. The van der Waals surface area contributed by atoms with E-state index in [2.05, 4.69) is 217 Å². The van der Waals surface area contributed by atoms with Gasteiger partial charge in [0.05, 0.1) is 22.1 Å². The van der Waals surface area contributed by atoms with Crippen molar-refractivity contribution in [2.24, 2.45) is 0 Å². The van der Waals surface area contributed by atoms with Crippen molar-refractivity contribution >= 4 is 54.4 Å². The summed E-state index contributed by atoms with van der Waals surface area (Å²) >= 11 is 0. The number of hydrogen-bond donors (Lipinski definition) is 0. The van der Waals surface area contributed by atoms with Crippen LogP contribution in [-0.4, -0.2) is 9.13 Å². The van der Waals surface area contributed by atoms with Gasteiger partial charge in [0.25, 0.3) is 0 Å². The molecule has 1 aliphatic carbocycles. The second-order valence-corrected chi connectivity index (χ2v) is 16.1. The smallest absolute Gasteiger partial charge is 0.0547 e. The molecule has 268 valence electrons. The summed E-state index contributed by atoms with van der Waals surface area (Å²) < 4.78 is 4.89. The van der Waals surface area contributed by atoms with Crippen molar-refractivity contribution < 1.29 is 0 Å². The van der Waals surface area contributed by atoms with Crippen LogP contribution in [-0.2, 0) is 5.41 Å². The Balaban J connectivity index is 1.08. The van der Waals surface area contributed by atoms with E-state index in [9.17, 15) is 0 Å². The molecule has 1 aliphatic rings. The molecule has 0 saturated heterocycles. The summed E-state index contributed by atoms with van der Waals surface area (Å²) in [6, 6.07) is 71.8. The van der Waals surface area contributed by atoms with Gasteiger partial charge >= 0.3 is 0 Å². The van der Waals surface area contributed by atoms with Gasteiger partial charge in [-0.05, 0) is 116 Å². The quantitative estimate of drug-likeness (QED) is 0.171. The average Bonchev–Trinajstić information content (AvgIpc) is 3.86. The molecule has 0 amide bonds. The van der Waals surface area contributed by atoms with Gasteiger partial charge in [0, 0.05) is 38.3 Å². The van der Waals surface area contributed by atoms with Crippen LogP contribution in [0.15, 0.2) is 194 Å². The summed E-state index contributed by atoms with van der Waals surface area (Å²) in [5, 5.41) is 7.61. The number of aromatic nitrogens is 2. The predicted octanol–water partition coefficient (Wildman–Crippen LogP) is 14.7. The fraction of sp³-hybridized carbons (Fsp3) is 0.0545. The highest BCUT2D eigenvalue weighted by Crippen LogP contribution is 2.53. The molecule has 0 spiro atoms. The van der Waals surface area contributed by atoms with Gasteiger partial charge in [-0.25, -0.2) is 0 Å². The Bertz CT molecular complexity index is 3410. The van der Waals surface area contributed by atoms with Crippen molar-refractivity contribution in [1.29, 1.82) is 0 Å². The highest BCUT2D eigenvalue weighted by molar-refractivity contribution is 6.19. The van der Waals surface area contributed by atoms with E-state index in [0.717, 1.165) is 5.69 Å². The molecule has 0 unspecified atom stereocenters. The zero-order valence-corrected chi connectivity index (χ0v) is 31.9. The summed E-state index contributed by atoms with van der Waals surface area (Å²) in [5.74, 6) is 0. The van der Waals surface area contributed by atoms with Crippen LogP contribution in [0.3, 0.4) is 0 Å². The first-order chi connectivity index (χ1) is 28.0. The summed E-state index contributed by atoms with van der Waals surface area (Å²) in [5.41, 5.74) is 17.5. The molecule has 0 atom stereocenters. The Morgan fingerprint density at radius 2 is 0.930 bits per heavy atom. The molecule has 57 heavy (non-hydrogen) atoms. The summed E-state index contributed by atoms with van der Waals surface area (Å²) in [6.45, 7) is 4.75. The maximum atomic E-state index is 2.48. The third kappa shape index (κ3) is 4.65. The van der Waals surface area contributed by atoms with Gasteiger partial charge in [0.15, 0.2) is 0 Å². The van der Waals surface area contributed by atoms with Gasteiger partial charge in [-0.15, -0.1) is 0 Å². The monoisotopic (exact) mass is 726 g/mol. The Morgan fingerprint density at radius 3 is 1.75 bits per heavy atom. The van der Waals surface area contributed by atoms with E-state index in [1.165, 1.54) is 105 Å². The summed E-state index contributed by atoms with van der Waals surface area (Å²) in [7, 11) is 0. The standard InChI is InChI=1S/C55H38N2/c1-55(2)47-18-10-8-17-44(47)53-48(55)28-31-52-54(53)46-34-40(24-30-51(46)57(52)42-27-22-36-14-6-7-15-38(36)32-42)39-23-29-50-45(33-39)43-16-9-11-19-49(43)56(50)41-25-20-37(21-26-41)35-12-4-3-5-13-35/h3-34H,1-2H3. The number of benzene rings is 9. The van der Waals surface area contributed by atoms with Gasteiger partial charge in [-0.3, -0.25) is 0 Å². The van der Waals surface area contributed by atoms with E-state index < -0.39 is 0 Å². The van der Waals surface area contributed by atoms with E-state index in [0.29, 0.717) is 0 Å². The third-order valence-corrected chi connectivity index (χ3v) is 12.7. The topological polar surface area (TPSA) is 9.86 Å². The van der Waals surface area contributed by atoms with E-state index in [-0.39, 0.29) is 5.41 Å². The summed E-state index contributed by atoms with van der Waals surface area (Å²) in [4.78, 5) is 0. The van der Waals surface area contributed by atoms with Crippen molar-refractivity contribution in [2.45, 2.75) is 19.3 Å². The maximum absolute atomic E-state index is 2.48. The van der Waals surface area contributed by atoms with Crippen LogP contribution in [0.25, 0.3) is 99.1 Å². The molecule has 2 aromatic heterocycles. The molecule has 0 aliphatic heterocycles. The van der Waals surface area contributed by atoms with Crippen LogP contribution < -0.4 is 0 Å². The zero-order valence-electron chi connectivity index (χ0n) is 31.9. The van der Waals surface area contributed by atoms with Crippen LogP contribution in [0.5, 0.6) is 0 Å². The minimum atomic E-state index is -0.0871. The lowest BCUT2D eigenvalue weighted by molar-refractivity contribution is 0.661. The highest BCUT2D eigenvalue weighted by Gasteiger charge is 2.37. The van der Waals surface area contributed by atoms with Crippen LogP contribution in [0.1, 0.15) is 25.0 Å². The third-order valence-electron chi connectivity index (χ3n) is 12.7. The van der Waals surface area contributed by atoms with Crippen LogP contribution >= 0.6 is 0 Å². The van der Waals surface area contributed by atoms with Crippen molar-refractivity contribution in [3.63, 3.8) is 0 Å². The minimum Gasteiger partial charge on any atom is -0.309 e. The lowest BCUT2D eigenvalue weighted by Crippen LogP contribution is -2.14. The molecular formula is C55H38N2. The van der Waals surface area contributed by atoms with Gasteiger partial charge < -0.3 is 9.13 Å². The molecule has 9 aromatic carbocycles. The first-order valence-corrected chi connectivity index (χ1v) is 19.9. The van der Waals surface area contributed by atoms with Crippen molar-refractivity contribution in [3.8, 4) is 44.8 Å². The first kappa shape index (κ1) is 32.1. The molecule has 0 saturated carbocycles. The molecule has 12 rings (SSSR count). The van der Waals surface area contributed by atoms with Gasteiger partial charge in [-0.1, -0.05) is 147 Å². The molecule has 2 nitrogen and oxygen atoms in total. The molecule has 2 heteroatoms. The fourth-order valence-corrected chi connectivity index (χ4v) is 9.94. The number of rotatable bonds is 4. The minimum absolute atomic E-state index is 0.0871. The molecule has 0 N–H and O–H groups in total. The van der Waals surface area contributed by atoms with Crippen molar-refractivity contribution in [2.75, 3.05) is 0 Å². The van der Waals surface area contributed by atoms with Gasteiger partial charge in [0.2, 0.25) is 0 Å². The van der Waals surface area contributed by atoms with E-state index in [4.69, 9.17) is 0 Å². The largest absolute Gasteiger partial charge is 0.309 e. The first-order valence-electron chi connectivity index (χ1n) is 19.9. The molecule has 2 heterocycles. The van der Waals surface area contributed by atoms with Gasteiger partial charge in [-0.2, -0.15) is 0 Å². The maximum Gasteiger partial charge on any atom is 0.0547 e. The average molecular weight is 727 g/mol. The Labute approximate surface area is 331 Å². The Morgan fingerprint density at radius 1 is 0.351 bits per heavy atom. The van der Waals surface area contributed by atoms with E-state index in [1.807, 2.05) is 0 Å². The second kappa shape index (κ2) is 11.9. The highest BCUT2D eigenvalue weighted by atomic mass is 15.0. The summed E-state index contributed by atoms with van der Waals surface area (Å²) in [6.07, 6.45) is 0. The van der Waals surface area contributed by atoms with Crippen molar-refractivity contribution in [1.82, 2.24) is 9.13 Å². The lowest BCUT2D eigenvalue weighted by Gasteiger charge is -2.21. The molecule has 0 bridgehead atoms. The second-order valence-electron chi connectivity index (χ2n) is 16.1. The number of hydrogen-bond acceptors (Lipinski definition) is 0. The van der Waals surface area contributed by atoms with Crippen LogP contribution in [0.4, 0.5) is 0 Å². The predicted molar refractivity (Wildman–Crippen MR) is 241 cm³/mol. The van der Waals surface area contributed by atoms with Crippen LogP contribution in [0, 0.1) is 0 Å². The SMILES string of the molecule is CC1(C)c2ccccc2-c2c1ccc1c2c2cc(-c3ccc4c(c3)c3ccccc3n4-c3ccc(-c4ccccc4)cc3)ccc2n1-c1ccc2ccccc2c1. The fourth-order valence-electron chi connectivity index (χ4n) is 9.94. The Kier molecular flexibility index (Phi) is 6.72. The molecule has 0 fully saturated rings. The number of fused-ring (bicyclic) bond motifs is 11. The molecule has 11 aromatic rings. The van der Waals surface area contributed by atoms with Crippen molar-refractivity contribution in [3.05, 3.63) is 205 Å². The van der Waals surface area contributed by atoms with Crippen LogP contribution in [0.2, 0.25) is 0 Å². The Hall–Kier alpha value is -7.16. The number of nitrogens with zero attached hydrogens (tertiary/aromatic N) is 2. The van der Waals surface area contributed by atoms with E-state index in [1.54, 1.807) is 0 Å². The number of para-hydroxylation sites is 1.